The molecular weight excluding hydrogens is 396 g/mol. The van der Waals surface area contributed by atoms with Crippen molar-refractivity contribution in [2.45, 2.75) is 66.1 Å². The normalized spacial score (nSPS) is 11.4. The first kappa shape index (κ1) is 22.5. The number of carbonyl (C=O) groups is 1. The van der Waals surface area contributed by atoms with Crippen molar-refractivity contribution in [3.8, 4) is 0 Å². The van der Waals surface area contributed by atoms with Crippen LogP contribution in [-0.2, 0) is 30.8 Å². The molecule has 1 amide bonds. The van der Waals surface area contributed by atoms with Crippen molar-refractivity contribution in [2.24, 2.45) is 5.92 Å². The number of aryl methyl sites for hydroxylation is 2. The molecule has 3 aromatic rings. The number of fused-ring (bicyclic) bond motifs is 1. The second-order valence-corrected chi connectivity index (χ2v) is 8.10. The zero-order valence-corrected chi connectivity index (χ0v) is 18.4. The van der Waals surface area contributed by atoms with Gasteiger partial charge in [-0.05, 0) is 30.0 Å². The van der Waals surface area contributed by atoms with Crippen molar-refractivity contribution >= 4 is 17.1 Å². The Balaban J connectivity index is 1.86. The van der Waals surface area contributed by atoms with Gasteiger partial charge in [0.05, 0.1) is 0 Å². The van der Waals surface area contributed by atoms with Crippen LogP contribution in [0, 0.1) is 5.92 Å². The molecule has 0 atom stereocenters. The highest BCUT2D eigenvalue weighted by atomic mass is 16.2. The van der Waals surface area contributed by atoms with E-state index in [0.717, 1.165) is 18.4 Å². The standard InChI is InChI=1S/C22H30N6O3/c1-4-5-12-27-20-19(21(30)26-22(27)31)28(14-15(2)3)17(25-20)6-7-18(29)24-13-16-8-10-23-11-9-16/h8-11,15H,4-7,12-14H2,1-3H3,(H,24,29)(H,26,30,31). The summed E-state index contributed by atoms with van der Waals surface area (Å²) in [5.74, 6) is 0.813. The number of hydrogen-bond donors (Lipinski definition) is 2. The van der Waals surface area contributed by atoms with Gasteiger partial charge in [0, 0.05) is 44.9 Å². The predicted molar refractivity (Wildman–Crippen MR) is 119 cm³/mol. The van der Waals surface area contributed by atoms with Crippen LogP contribution in [0.25, 0.3) is 11.2 Å². The molecule has 9 nitrogen and oxygen atoms in total. The van der Waals surface area contributed by atoms with Crippen LogP contribution < -0.4 is 16.6 Å². The third-order valence-electron chi connectivity index (χ3n) is 5.06. The van der Waals surface area contributed by atoms with Crippen LogP contribution in [0.2, 0.25) is 0 Å². The molecule has 0 bridgehead atoms. The lowest BCUT2D eigenvalue weighted by Gasteiger charge is -2.11. The van der Waals surface area contributed by atoms with Gasteiger partial charge in [-0.3, -0.25) is 24.1 Å². The van der Waals surface area contributed by atoms with Crippen LogP contribution in [-0.4, -0.2) is 30.0 Å². The van der Waals surface area contributed by atoms with Crippen molar-refractivity contribution in [3.05, 3.63) is 56.8 Å². The van der Waals surface area contributed by atoms with Crippen LogP contribution in [0.4, 0.5) is 0 Å². The topological polar surface area (TPSA) is 115 Å². The lowest BCUT2D eigenvalue weighted by Crippen LogP contribution is -2.31. The zero-order chi connectivity index (χ0) is 22.4. The summed E-state index contributed by atoms with van der Waals surface area (Å²) in [6.45, 7) is 7.66. The number of rotatable bonds is 10. The SMILES string of the molecule is CCCCn1c(=O)[nH]c(=O)c2c1nc(CCC(=O)NCc1ccncc1)n2CC(C)C. The summed E-state index contributed by atoms with van der Waals surface area (Å²) in [7, 11) is 0. The maximum atomic E-state index is 12.6. The molecule has 0 radical (unpaired) electrons. The van der Waals surface area contributed by atoms with Crippen LogP contribution in [0.5, 0.6) is 0 Å². The van der Waals surface area contributed by atoms with Gasteiger partial charge in [0.25, 0.3) is 5.56 Å². The Bertz CT molecular complexity index is 1140. The molecule has 0 fully saturated rings. The number of nitrogens with zero attached hydrogens (tertiary/aromatic N) is 4. The second kappa shape index (κ2) is 10.2. The van der Waals surface area contributed by atoms with Gasteiger partial charge in [-0.15, -0.1) is 0 Å². The summed E-state index contributed by atoms with van der Waals surface area (Å²) in [4.78, 5) is 48.4. The van der Waals surface area contributed by atoms with E-state index in [1.807, 2.05) is 23.6 Å². The highest BCUT2D eigenvalue weighted by molar-refractivity contribution is 5.76. The summed E-state index contributed by atoms with van der Waals surface area (Å²) >= 11 is 0. The fourth-order valence-electron chi connectivity index (χ4n) is 3.51. The third-order valence-corrected chi connectivity index (χ3v) is 5.06. The quantitative estimate of drug-likeness (QED) is 0.514. The Morgan fingerprint density at radius 2 is 1.94 bits per heavy atom. The minimum Gasteiger partial charge on any atom is -0.352 e. The minimum absolute atomic E-state index is 0.0998. The Morgan fingerprint density at radius 3 is 2.61 bits per heavy atom. The highest BCUT2D eigenvalue weighted by Crippen LogP contribution is 2.16. The van der Waals surface area contributed by atoms with Gasteiger partial charge in [-0.2, -0.15) is 0 Å². The van der Waals surface area contributed by atoms with Crippen LogP contribution >= 0.6 is 0 Å². The first-order valence-electron chi connectivity index (χ1n) is 10.8. The van der Waals surface area contributed by atoms with Gasteiger partial charge in [0.2, 0.25) is 5.91 Å². The van der Waals surface area contributed by atoms with E-state index in [1.165, 1.54) is 4.57 Å². The number of carbonyl (C=O) groups excluding carboxylic acids is 1. The maximum absolute atomic E-state index is 12.6. The number of pyridine rings is 1. The van der Waals surface area contributed by atoms with Gasteiger partial charge in [-0.25, -0.2) is 9.78 Å². The molecule has 3 aromatic heterocycles. The van der Waals surface area contributed by atoms with Crippen molar-refractivity contribution < 1.29 is 4.79 Å². The van der Waals surface area contributed by atoms with E-state index < -0.39 is 11.2 Å². The molecule has 0 aliphatic rings. The van der Waals surface area contributed by atoms with Gasteiger partial charge in [0.15, 0.2) is 11.2 Å². The molecule has 3 heterocycles. The highest BCUT2D eigenvalue weighted by Gasteiger charge is 2.19. The maximum Gasteiger partial charge on any atom is 0.330 e. The Kier molecular flexibility index (Phi) is 7.38. The number of nitrogens with one attached hydrogen (secondary N) is 2. The number of unbranched alkanes of at least 4 members (excludes halogenated alkanes) is 1. The van der Waals surface area contributed by atoms with Crippen LogP contribution in [0.3, 0.4) is 0 Å². The number of H-pyrrole nitrogens is 1. The molecule has 0 aliphatic heterocycles. The lowest BCUT2D eigenvalue weighted by atomic mass is 10.2. The molecular formula is C22H30N6O3. The molecule has 0 unspecified atom stereocenters. The number of aromatic nitrogens is 5. The molecule has 9 heteroatoms. The van der Waals surface area contributed by atoms with E-state index in [2.05, 4.69) is 34.1 Å². The van der Waals surface area contributed by atoms with Gasteiger partial charge in [-0.1, -0.05) is 27.2 Å². The predicted octanol–water partition coefficient (Wildman–Crippen LogP) is 1.99. The van der Waals surface area contributed by atoms with E-state index in [4.69, 9.17) is 0 Å². The number of hydrogen-bond acceptors (Lipinski definition) is 5. The smallest absolute Gasteiger partial charge is 0.330 e. The van der Waals surface area contributed by atoms with Crippen LogP contribution in [0.1, 0.15) is 51.4 Å². The zero-order valence-electron chi connectivity index (χ0n) is 18.4. The number of amides is 1. The summed E-state index contributed by atoms with van der Waals surface area (Å²) < 4.78 is 3.39. The molecule has 0 aromatic carbocycles. The molecule has 31 heavy (non-hydrogen) atoms. The lowest BCUT2D eigenvalue weighted by molar-refractivity contribution is -0.121. The molecule has 3 rings (SSSR count). The fourth-order valence-corrected chi connectivity index (χ4v) is 3.51. The Morgan fingerprint density at radius 1 is 1.19 bits per heavy atom. The van der Waals surface area contributed by atoms with Gasteiger partial charge < -0.3 is 9.88 Å². The average molecular weight is 427 g/mol. The van der Waals surface area contributed by atoms with E-state index in [9.17, 15) is 14.4 Å². The minimum atomic E-state index is -0.443. The van der Waals surface area contributed by atoms with Crippen molar-refractivity contribution in [1.29, 1.82) is 0 Å². The summed E-state index contributed by atoms with van der Waals surface area (Å²) in [6, 6.07) is 3.70. The largest absolute Gasteiger partial charge is 0.352 e. The molecule has 0 saturated carbocycles. The van der Waals surface area contributed by atoms with E-state index in [1.54, 1.807) is 12.4 Å². The number of aromatic amines is 1. The summed E-state index contributed by atoms with van der Waals surface area (Å²) in [6.07, 6.45) is 5.72. The van der Waals surface area contributed by atoms with Crippen LogP contribution in [0.15, 0.2) is 34.1 Å². The summed E-state index contributed by atoms with van der Waals surface area (Å²) in [5, 5.41) is 2.90. The van der Waals surface area contributed by atoms with Crippen molar-refractivity contribution in [1.82, 2.24) is 29.4 Å². The molecule has 0 aliphatic carbocycles. The monoisotopic (exact) mass is 426 g/mol. The van der Waals surface area contributed by atoms with Gasteiger partial charge in [0.1, 0.15) is 5.82 Å². The molecule has 2 N–H and O–H groups in total. The molecule has 0 saturated heterocycles. The molecule has 166 valence electrons. The summed E-state index contributed by atoms with van der Waals surface area (Å²) in [5.41, 5.74) is 0.893. The fraction of sp³-hybridized carbons (Fsp3) is 0.500. The van der Waals surface area contributed by atoms with E-state index in [-0.39, 0.29) is 18.2 Å². The van der Waals surface area contributed by atoms with E-state index >= 15 is 0 Å². The third kappa shape index (κ3) is 5.48. The second-order valence-electron chi connectivity index (χ2n) is 8.10. The molecule has 0 spiro atoms. The van der Waals surface area contributed by atoms with E-state index in [0.29, 0.717) is 43.0 Å². The first-order chi connectivity index (χ1) is 14.9. The Hall–Kier alpha value is -3.23. The number of imidazole rings is 1. The van der Waals surface area contributed by atoms with Gasteiger partial charge >= 0.3 is 5.69 Å². The Labute approximate surface area is 180 Å². The van der Waals surface area contributed by atoms with Crippen molar-refractivity contribution in [2.75, 3.05) is 0 Å². The van der Waals surface area contributed by atoms with Crippen molar-refractivity contribution in [3.63, 3.8) is 0 Å². The average Bonchev–Trinajstić information content (AvgIpc) is 3.09. The first-order valence-corrected chi connectivity index (χ1v) is 10.8.